The Bertz CT molecular complexity index is 1180. The third-order valence-corrected chi connectivity index (χ3v) is 6.77. The Morgan fingerprint density at radius 1 is 0.765 bits per heavy atom. The predicted molar refractivity (Wildman–Crippen MR) is 137 cm³/mol. The number of hydrogen-bond acceptors (Lipinski definition) is 3. The number of nitrogens with zero attached hydrogens (tertiary/aromatic N) is 1. The third-order valence-electron chi connectivity index (χ3n) is 6.77. The molecule has 0 aromatic heterocycles. The van der Waals surface area contributed by atoms with E-state index in [4.69, 9.17) is 4.74 Å². The summed E-state index contributed by atoms with van der Waals surface area (Å²) in [4.78, 5) is 2.39. The molecule has 0 unspecified atom stereocenters. The fourth-order valence-electron chi connectivity index (χ4n) is 4.97. The second-order valence-electron chi connectivity index (χ2n) is 9.07. The molecule has 172 valence electrons. The van der Waals surface area contributed by atoms with Crippen LogP contribution >= 0.6 is 0 Å². The molecule has 0 spiro atoms. The highest BCUT2D eigenvalue weighted by Crippen LogP contribution is 2.36. The summed E-state index contributed by atoms with van der Waals surface area (Å²) in [5.41, 5.74) is 4.44. The summed E-state index contributed by atoms with van der Waals surface area (Å²) in [5, 5.41) is 12.4. The largest absolute Gasteiger partial charge is 0.382 e. The molecule has 3 heteroatoms. The van der Waals surface area contributed by atoms with Gasteiger partial charge in [-0.2, -0.15) is 0 Å². The highest BCUT2D eigenvalue weighted by atomic mass is 16.5. The summed E-state index contributed by atoms with van der Waals surface area (Å²) in [6.07, 6.45) is 0.141. The molecule has 1 aliphatic rings. The second kappa shape index (κ2) is 10.4. The minimum atomic E-state index is -1.15. The van der Waals surface area contributed by atoms with Crippen LogP contribution in [0.15, 0.2) is 115 Å². The van der Waals surface area contributed by atoms with Crippen molar-refractivity contribution in [1.29, 1.82) is 0 Å². The minimum absolute atomic E-state index is 0.337. The van der Waals surface area contributed by atoms with Crippen molar-refractivity contribution < 1.29 is 9.84 Å². The van der Waals surface area contributed by atoms with Gasteiger partial charge in [0.05, 0.1) is 6.61 Å². The first-order chi connectivity index (χ1) is 16.7. The van der Waals surface area contributed by atoms with Crippen LogP contribution in [-0.2, 0) is 23.3 Å². The smallest absolute Gasteiger partial charge is 0.121 e. The van der Waals surface area contributed by atoms with Gasteiger partial charge in [0.25, 0.3) is 0 Å². The summed E-state index contributed by atoms with van der Waals surface area (Å²) < 4.78 is 6.29. The molecule has 1 aliphatic heterocycles. The van der Waals surface area contributed by atoms with Crippen molar-refractivity contribution in [1.82, 2.24) is 4.90 Å². The van der Waals surface area contributed by atoms with E-state index < -0.39 is 5.60 Å². The number of aliphatic hydroxyl groups is 1. The quantitative estimate of drug-likeness (QED) is 0.394. The number of benzene rings is 4. The predicted octanol–water partition coefficient (Wildman–Crippen LogP) is 5.68. The van der Waals surface area contributed by atoms with Gasteiger partial charge in [0, 0.05) is 26.1 Å². The van der Waals surface area contributed by atoms with Crippen LogP contribution < -0.4 is 0 Å². The lowest BCUT2D eigenvalue weighted by molar-refractivity contribution is -0.149. The zero-order valence-corrected chi connectivity index (χ0v) is 19.4. The van der Waals surface area contributed by atoms with Crippen molar-refractivity contribution >= 4 is 0 Å². The first kappa shape index (κ1) is 22.5. The first-order valence-corrected chi connectivity index (χ1v) is 12.0. The van der Waals surface area contributed by atoms with E-state index in [0.717, 1.165) is 35.3 Å². The highest BCUT2D eigenvalue weighted by molar-refractivity contribution is 5.67. The fraction of sp³-hybridized carbons (Fsp3) is 0.226. The molecule has 5 rings (SSSR count). The lowest BCUT2D eigenvalue weighted by Gasteiger charge is -2.43. The maximum Gasteiger partial charge on any atom is 0.121 e. The van der Waals surface area contributed by atoms with Crippen LogP contribution in [0.4, 0.5) is 0 Å². The van der Waals surface area contributed by atoms with Crippen molar-refractivity contribution in [2.75, 3.05) is 19.7 Å². The molecular weight excluding hydrogens is 418 g/mol. The van der Waals surface area contributed by atoms with E-state index in [0.29, 0.717) is 19.6 Å². The SMILES string of the molecule is O[C@](Cc1ccccc1-c1ccccc1)(c1ccccc1)[C@H]1CN(Cc2ccccc2)CCO1. The molecule has 0 amide bonds. The molecule has 0 bridgehead atoms. The van der Waals surface area contributed by atoms with Crippen LogP contribution in [0.5, 0.6) is 0 Å². The van der Waals surface area contributed by atoms with E-state index in [1.807, 2.05) is 42.5 Å². The summed E-state index contributed by atoms with van der Waals surface area (Å²) in [6.45, 7) is 2.99. The first-order valence-electron chi connectivity index (χ1n) is 12.0. The molecule has 1 fully saturated rings. The van der Waals surface area contributed by atoms with E-state index >= 15 is 0 Å². The molecule has 34 heavy (non-hydrogen) atoms. The van der Waals surface area contributed by atoms with E-state index in [9.17, 15) is 5.11 Å². The van der Waals surface area contributed by atoms with Gasteiger partial charge in [0.15, 0.2) is 0 Å². The molecule has 0 saturated carbocycles. The number of morpholine rings is 1. The normalized spacial score (nSPS) is 18.3. The van der Waals surface area contributed by atoms with E-state index in [1.54, 1.807) is 0 Å². The van der Waals surface area contributed by atoms with E-state index in [-0.39, 0.29) is 6.10 Å². The van der Waals surface area contributed by atoms with Crippen LogP contribution in [0.1, 0.15) is 16.7 Å². The van der Waals surface area contributed by atoms with E-state index in [1.165, 1.54) is 5.56 Å². The van der Waals surface area contributed by atoms with Gasteiger partial charge in [-0.1, -0.05) is 115 Å². The Morgan fingerprint density at radius 2 is 1.38 bits per heavy atom. The summed E-state index contributed by atoms with van der Waals surface area (Å²) >= 11 is 0. The standard InChI is InChI=1S/C31H31NO2/c33-31(28-17-8-3-9-18-28,22-27-16-10-11-19-29(27)26-14-6-2-7-15-26)30-24-32(20-21-34-30)23-25-12-4-1-5-13-25/h1-19,30,33H,20-24H2/t30-,31-/m1/s1. The van der Waals surface area contributed by atoms with Crippen LogP contribution in [0.25, 0.3) is 11.1 Å². The second-order valence-corrected chi connectivity index (χ2v) is 9.07. The van der Waals surface area contributed by atoms with Gasteiger partial charge in [-0.3, -0.25) is 4.90 Å². The third kappa shape index (κ3) is 4.97. The maximum absolute atomic E-state index is 12.4. The summed E-state index contributed by atoms with van der Waals surface area (Å²) in [7, 11) is 0. The molecule has 1 heterocycles. The Morgan fingerprint density at radius 3 is 2.12 bits per heavy atom. The van der Waals surface area contributed by atoms with Crippen molar-refractivity contribution in [2.24, 2.45) is 0 Å². The van der Waals surface area contributed by atoms with Gasteiger partial charge in [-0.15, -0.1) is 0 Å². The average Bonchev–Trinajstić information content (AvgIpc) is 2.91. The van der Waals surface area contributed by atoms with Crippen LogP contribution in [-0.4, -0.2) is 35.8 Å². The van der Waals surface area contributed by atoms with Gasteiger partial charge in [0.1, 0.15) is 11.7 Å². The number of hydrogen-bond donors (Lipinski definition) is 1. The molecule has 2 atom stereocenters. The number of ether oxygens (including phenoxy) is 1. The van der Waals surface area contributed by atoms with Crippen molar-refractivity contribution in [3.8, 4) is 11.1 Å². The average molecular weight is 450 g/mol. The Kier molecular flexibility index (Phi) is 6.87. The van der Waals surface area contributed by atoms with Crippen LogP contribution in [0.3, 0.4) is 0 Å². The van der Waals surface area contributed by atoms with Crippen molar-refractivity contribution in [3.05, 3.63) is 132 Å². The maximum atomic E-state index is 12.4. The van der Waals surface area contributed by atoms with Gasteiger partial charge < -0.3 is 9.84 Å². The van der Waals surface area contributed by atoms with Crippen LogP contribution in [0.2, 0.25) is 0 Å². The Balaban J connectivity index is 1.47. The van der Waals surface area contributed by atoms with Crippen LogP contribution in [0, 0.1) is 0 Å². The monoisotopic (exact) mass is 449 g/mol. The Hall–Kier alpha value is -3.24. The zero-order valence-electron chi connectivity index (χ0n) is 19.4. The minimum Gasteiger partial charge on any atom is -0.382 e. The van der Waals surface area contributed by atoms with E-state index in [2.05, 4.69) is 77.7 Å². The molecule has 0 aliphatic carbocycles. The van der Waals surface area contributed by atoms with Gasteiger partial charge in [0.2, 0.25) is 0 Å². The molecule has 1 saturated heterocycles. The zero-order chi connectivity index (χ0) is 23.2. The van der Waals surface area contributed by atoms with Crippen molar-refractivity contribution in [2.45, 2.75) is 24.7 Å². The topological polar surface area (TPSA) is 32.7 Å². The lowest BCUT2D eigenvalue weighted by Crippen LogP contribution is -2.53. The molecule has 4 aromatic rings. The lowest BCUT2D eigenvalue weighted by atomic mass is 9.80. The molecule has 4 aromatic carbocycles. The van der Waals surface area contributed by atoms with Crippen molar-refractivity contribution in [3.63, 3.8) is 0 Å². The molecular formula is C31H31NO2. The highest BCUT2D eigenvalue weighted by Gasteiger charge is 2.42. The number of rotatable bonds is 7. The van der Waals surface area contributed by atoms with Gasteiger partial charge in [-0.05, 0) is 27.8 Å². The fourth-order valence-corrected chi connectivity index (χ4v) is 4.97. The van der Waals surface area contributed by atoms with Gasteiger partial charge in [-0.25, -0.2) is 0 Å². The summed E-state index contributed by atoms with van der Waals surface area (Å²) in [5.74, 6) is 0. The van der Waals surface area contributed by atoms with Gasteiger partial charge >= 0.3 is 0 Å². The molecule has 0 radical (unpaired) electrons. The molecule has 3 nitrogen and oxygen atoms in total. The molecule has 1 N–H and O–H groups in total. The Labute approximate surface area is 202 Å². The summed E-state index contributed by atoms with van der Waals surface area (Å²) in [6, 6.07) is 39.3.